The average molecular weight is 851 g/mol. The highest BCUT2D eigenvalue weighted by Gasteiger charge is 2.52. The largest absolute Gasteiger partial charge is 0.378 e. The van der Waals surface area contributed by atoms with Crippen LogP contribution in [0.1, 0.15) is 70.8 Å². The van der Waals surface area contributed by atoms with Crippen LogP contribution in [0.3, 0.4) is 0 Å². The molecule has 0 bridgehead atoms. The molecule has 0 radical (unpaired) electrons. The molecule has 0 spiro atoms. The maximum atomic E-state index is 15.6. The zero-order valence-corrected chi connectivity index (χ0v) is 32.6. The number of nitrogens with one attached hydrogen (secondary N) is 2. The minimum atomic E-state index is -3.69. The fourth-order valence-corrected chi connectivity index (χ4v) is 7.38. The van der Waals surface area contributed by atoms with Gasteiger partial charge in [0.25, 0.3) is 18.3 Å². The average Bonchev–Trinajstić information content (AvgIpc) is 3.95. The van der Waals surface area contributed by atoms with Crippen molar-refractivity contribution in [1.29, 1.82) is 0 Å². The van der Waals surface area contributed by atoms with Crippen LogP contribution in [0, 0.1) is 29.4 Å². The van der Waals surface area contributed by atoms with Crippen LogP contribution in [0.25, 0.3) is 22.0 Å². The maximum Gasteiger partial charge on any atom is 0.296 e. The quantitative estimate of drug-likeness (QED) is 0.0685. The Morgan fingerprint density at radius 2 is 1.82 bits per heavy atom. The van der Waals surface area contributed by atoms with Crippen LogP contribution in [-0.2, 0) is 37.2 Å². The number of aliphatic hydroxyl groups is 1. The van der Waals surface area contributed by atoms with Crippen LogP contribution in [0.5, 0.6) is 0 Å². The van der Waals surface area contributed by atoms with Crippen molar-refractivity contribution in [2.75, 3.05) is 5.32 Å². The maximum absolute atomic E-state index is 15.6. The minimum absolute atomic E-state index is 0.0312. The number of nitrogens with zero attached hydrogens (tertiary/aromatic N) is 6. The molecule has 4 aromatic heterocycles. The van der Waals surface area contributed by atoms with Gasteiger partial charge in [-0.3, -0.25) is 19.0 Å². The first-order valence-electron chi connectivity index (χ1n) is 18.1. The number of hydrogen-bond donors (Lipinski definition) is 3. The summed E-state index contributed by atoms with van der Waals surface area (Å²) in [5.74, 6) is -3.42. The zero-order valence-electron chi connectivity index (χ0n) is 31.8. The third kappa shape index (κ3) is 8.23. The smallest absolute Gasteiger partial charge is 0.296 e. The Kier molecular flexibility index (Phi) is 11.1. The molecule has 4 heterocycles. The Bertz CT molecular complexity index is 2710. The first-order valence-corrected chi connectivity index (χ1v) is 18.5. The first kappa shape index (κ1) is 41.7. The normalized spacial score (nSPS) is 15.1. The number of fused-ring (bicyclic) bond motifs is 2. The first-order chi connectivity index (χ1) is 28.3. The van der Waals surface area contributed by atoms with E-state index in [0.29, 0.717) is 21.8 Å². The SMILES string of the molecule is C=C[C@@H]1Cc2c(C(F)F)nn(CC(=O)N[C@@H](Cc3cc(F)cc(F)c3)c3nc(C#CC(C)(C)O)ccc3-c3ccc(Cl)c4c(NC(=O)c5ccno5)nn(C)c34)c2C1(F)F. The molecule has 2 atom stereocenters. The Hall–Kier alpha value is -6.45. The lowest BCUT2D eigenvalue weighted by molar-refractivity contribution is -0.123. The molecular formula is C41H33ClF6N8O4. The third-order valence-electron chi connectivity index (χ3n) is 9.64. The summed E-state index contributed by atoms with van der Waals surface area (Å²) in [6.45, 7) is 5.33. The van der Waals surface area contributed by atoms with Crippen molar-refractivity contribution in [3.63, 3.8) is 0 Å². The van der Waals surface area contributed by atoms with Crippen molar-refractivity contribution in [2.24, 2.45) is 13.0 Å². The van der Waals surface area contributed by atoms with Crippen molar-refractivity contribution in [3.05, 3.63) is 124 Å². The lowest BCUT2D eigenvalue weighted by atomic mass is 9.93. The number of carbonyl (C=O) groups is 2. The number of hydrogen-bond acceptors (Lipinski definition) is 8. The number of carbonyl (C=O) groups excluding carboxylic acids is 2. The molecule has 60 heavy (non-hydrogen) atoms. The van der Waals surface area contributed by atoms with Gasteiger partial charge in [0, 0.05) is 35.9 Å². The van der Waals surface area contributed by atoms with Crippen molar-refractivity contribution < 1.29 is 45.6 Å². The van der Waals surface area contributed by atoms with Gasteiger partial charge in [0.15, 0.2) is 5.82 Å². The Morgan fingerprint density at radius 1 is 1.10 bits per heavy atom. The number of anilines is 1. The summed E-state index contributed by atoms with van der Waals surface area (Å²) >= 11 is 6.70. The zero-order chi connectivity index (χ0) is 43.3. The van der Waals surface area contributed by atoms with Crippen LogP contribution in [0.4, 0.5) is 32.2 Å². The molecule has 310 valence electrons. The third-order valence-corrected chi connectivity index (χ3v) is 9.96. The van der Waals surface area contributed by atoms with E-state index in [1.807, 2.05) is 0 Å². The van der Waals surface area contributed by atoms with Gasteiger partial charge >= 0.3 is 0 Å². The highest BCUT2D eigenvalue weighted by atomic mass is 35.5. The van der Waals surface area contributed by atoms with Crippen molar-refractivity contribution in [1.82, 2.24) is 35.0 Å². The molecule has 2 aromatic carbocycles. The van der Waals surface area contributed by atoms with E-state index in [9.17, 15) is 32.3 Å². The Morgan fingerprint density at radius 3 is 2.47 bits per heavy atom. The lowest BCUT2D eigenvalue weighted by Gasteiger charge is -2.23. The molecule has 19 heteroatoms. The van der Waals surface area contributed by atoms with E-state index in [-0.39, 0.29) is 56.5 Å². The summed E-state index contributed by atoms with van der Waals surface area (Å²) in [5, 5.41) is 27.9. The molecule has 0 fully saturated rings. The number of halogens is 7. The van der Waals surface area contributed by atoms with Gasteiger partial charge in [-0.05, 0) is 68.5 Å². The second-order valence-corrected chi connectivity index (χ2v) is 14.9. The number of amides is 2. The Balaban J connectivity index is 1.38. The van der Waals surface area contributed by atoms with E-state index >= 15 is 8.78 Å². The summed E-state index contributed by atoms with van der Waals surface area (Å²) in [5.41, 5.74) is -2.44. The van der Waals surface area contributed by atoms with Gasteiger partial charge in [0.2, 0.25) is 11.7 Å². The van der Waals surface area contributed by atoms with Crippen molar-refractivity contribution in [3.8, 4) is 23.0 Å². The highest BCUT2D eigenvalue weighted by Crippen LogP contribution is 2.49. The van der Waals surface area contributed by atoms with Gasteiger partial charge in [-0.25, -0.2) is 22.5 Å². The lowest BCUT2D eigenvalue weighted by Crippen LogP contribution is -2.35. The van der Waals surface area contributed by atoms with E-state index in [0.717, 1.165) is 18.2 Å². The standard InChI is InChI=1S/C41H33ClF6N8O4/c1-5-21-17-27-34(37(45)46)53-56(36(27)41(21,47)48)19-31(57)51-29(16-20-14-22(43)18-23(44)15-20)33-25(7-6-24(50-33)10-12-40(2,3)59)26-8-9-28(42)32-35(26)55(4)54-38(32)52-39(58)30-11-13-49-60-30/h5-9,11,13-15,18,21,29,37,59H,1,16-17,19H2,2-4H3,(H,51,57)(H,52,54,58)/t21-,29+/m1/s1. The summed E-state index contributed by atoms with van der Waals surface area (Å²) in [7, 11) is 1.57. The van der Waals surface area contributed by atoms with Gasteiger partial charge < -0.3 is 20.3 Å². The van der Waals surface area contributed by atoms with Crippen molar-refractivity contribution in [2.45, 2.75) is 57.2 Å². The van der Waals surface area contributed by atoms with Gasteiger partial charge in [-0.1, -0.05) is 34.8 Å². The van der Waals surface area contributed by atoms with Crippen LogP contribution in [-0.4, -0.2) is 52.2 Å². The van der Waals surface area contributed by atoms with E-state index in [1.54, 1.807) is 19.2 Å². The number of aryl methyl sites for hydroxylation is 1. The molecule has 0 saturated carbocycles. The monoisotopic (exact) mass is 850 g/mol. The van der Waals surface area contributed by atoms with Gasteiger partial charge in [-0.15, -0.1) is 6.58 Å². The summed E-state index contributed by atoms with van der Waals surface area (Å²) in [6.07, 6.45) is -1.81. The number of pyridine rings is 1. The summed E-state index contributed by atoms with van der Waals surface area (Å²) < 4.78 is 95.5. The number of alkyl halides is 4. The van der Waals surface area contributed by atoms with Gasteiger partial charge in [-0.2, -0.15) is 19.0 Å². The van der Waals surface area contributed by atoms with Crippen LogP contribution < -0.4 is 10.6 Å². The van der Waals surface area contributed by atoms with E-state index in [2.05, 4.69) is 44.4 Å². The molecule has 6 aromatic rings. The molecule has 12 nitrogen and oxygen atoms in total. The van der Waals surface area contributed by atoms with Crippen LogP contribution >= 0.6 is 11.6 Å². The topological polar surface area (TPSA) is 153 Å². The van der Waals surface area contributed by atoms with Gasteiger partial charge in [0.1, 0.15) is 40.9 Å². The van der Waals surface area contributed by atoms with Crippen molar-refractivity contribution >= 4 is 40.1 Å². The summed E-state index contributed by atoms with van der Waals surface area (Å²) in [6, 6.07) is 8.92. The second-order valence-electron chi connectivity index (χ2n) is 14.5. The van der Waals surface area contributed by atoms with E-state index in [1.165, 1.54) is 42.9 Å². The predicted octanol–water partition coefficient (Wildman–Crippen LogP) is 7.61. The van der Waals surface area contributed by atoms with Crippen LogP contribution in [0.2, 0.25) is 5.02 Å². The second kappa shape index (κ2) is 16.0. The molecule has 0 saturated heterocycles. The molecule has 2 amide bonds. The number of aromatic nitrogens is 6. The van der Waals surface area contributed by atoms with E-state index < -0.39 is 77.7 Å². The molecule has 7 rings (SSSR count). The predicted molar refractivity (Wildman–Crippen MR) is 206 cm³/mol. The van der Waals surface area contributed by atoms with Gasteiger partial charge in [0.05, 0.1) is 39.8 Å². The fourth-order valence-electron chi connectivity index (χ4n) is 7.13. The number of benzene rings is 2. The molecule has 1 aliphatic rings. The summed E-state index contributed by atoms with van der Waals surface area (Å²) in [4.78, 5) is 31.7. The van der Waals surface area contributed by atoms with E-state index in [4.69, 9.17) is 21.1 Å². The molecule has 0 unspecified atom stereocenters. The Labute approximate surface area is 342 Å². The minimum Gasteiger partial charge on any atom is -0.378 e. The highest BCUT2D eigenvalue weighted by molar-refractivity contribution is 6.37. The molecule has 3 N–H and O–H groups in total. The molecule has 1 aliphatic carbocycles. The van der Waals surface area contributed by atoms with Crippen LogP contribution in [0.15, 0.2) is 71.9 Å². The number of allylic oxidation sites excluding steroid dienone is 1. The molecular weight excluding hydrogens is 818 g/mol. The fraction of sp³-hybridized carbons (Fsp3) is 0.268. The molecule has 0 aliphatic heterocycles. The number of rotatable bonds is 11.